The summed E-state index contributed by atoms with van der Waals surface area (Å²) in [6.07, 6.45) is 26.8. The molecule has 342 valence electrons. The number of amides is 2. The normalized spacial score (nSPS) is 17.8. The van der Waals surface area contributed by atoms with E-state index < -0.39 is 19.3 Å². The van der Waals surface area contributed by atoms with Crippen molar-refractivity contribution in [3.8, 4) is 0 Å². The summed E-state index contributed by atoms with van der Waals surface area (Å²) in [5.74, 6) is 0.605. The van der Waals surface area contributed by atoms with E-state index in [-0.39, 0.29) is 42.7 Å². The first-order valence-electron chi connectivity index (χ1n) is 24.2. The van der Waals surface area contributed by atoms with Crippen molar-refractivity contribution in [1.29, 1.82) is 0 Å². The van der Waals surface area contributed by atoms with Gasteiger partial charge in [0.15, 0.2) is 5.96 Å². The molecule has 7 nitrogen and oxygen atoms in total. The molecule has 3 aromatic carbocycles. The number of anilines is 1. The van der Waals surface area contributed by atoms with E-state index in [1.165, 1.54) is 113 Å². The number of aryl methyl sites for hydroxylation is 1. The lowest BCUT2D eigenvalue weighted by atomic mass is 9.92. The first kappa shape index (κ1) is 51.5. The SMILES string of the molecule is CCCC[P+](CCCC)(CCCC)Cc1ccc(NC(=O)C2Cc3ccccc3CN2C(=O)[C@H](CCc2ccccc2)NC(=NC2CCCCC2)NC2CCCCC2)cc1.Cl.Cl. The van der Waals surface area contributed by atoms with Gasteiger partial charge in [-0.3, -0.25) is 9.59 Å². The summed E-state index contributed by atoms with van der Waals surface area (Å²) in [6.45, 7) is 7.38. The Morgan fingerprint density at radius 2 is 1.29 bits per heavy atom. The predicted octanol–water partition coefficient (Wildman–Crippen LogP) is 12.5. The summed E-state index contributed by atoms with van der Waals surface area (Å²) < 4.78 is 0. The van der Waals surface area contributed by atoms with Crippen molar-refractivity contribution in [2.75, 3.05) is 23.8 Å². The third-order valence-corrected chi connectivity index (χ3v) is 18.4. The zero-order chi connectivity index (χ0) is 42.0. The average molecular weight is 908 g/mol. The molecular formula is C52H79Cl2N5O2P+. The number of carbonyl (C=O) groups excluding carboxylic acids is 2. The molecule has 3 aromatic rings. The Labute approximate surface area is 388 Å². The van der Waals surface area contributed by atoms with Crippen molar-refractivity contribution >= 4 is 55.5 Å². The quantitative estimate of drug-likeness (QED) is 0.0599. The third-order valence-electron chi connectivity index (χ3n) is 13.5. The van der Waals surface area contributed by atoms with Crippen LogP contribution in [0.15, 0.2) is 83.9 Å². The maximum atomic E-state index is 15.2. The number of nitrogens with zero attached hydrogens (tertiary/aromatic N) is 2. The van der Waals surface area contributed by atoms with E-state index in [4.69, 9.17) is 4.99 Å². The van der Waals surface area contributed by atoms with Crippen molar-refractivity contribution in [2.45, 2.75) is 180 Å². The van der Waals surface area contributed by atoms with Gasteiger partial charge in [0.25, 0.3) is 0 Å². The second-order valence-electron chi connectivity index (χ2n) is 18.3. The third kappa shape index (κ3) is 15.5. The highest BCUT2D eigenvalue weighted by Gasteiger charge is 2.39. The molecule has 0 spiro atoms. The van der Waals surface area contributed by atoms with Gasteiger partial charge >= 0.3 is 0 Å². The fourth-order valence-electron chi connectivity index (χ4n) is 9.88. The molecule has 2 saturated carbocycles. The molecule has 3 N–H and O–H groups in total. The number of unbranched alkanes of at least 4 members (excludes halogenated alkanes) is 3. The maximum Gasteiger partial charge on any atom is 0.247 e. The molecular weight excluding hydrogens is 828 g/mol. The summed E-state index contributed by atoms with van der Waals surface area (Å²) in [4.78, 5) is 37.0. The van der Waals surface area contributed by atoms with Gasteiger partial charge in [-0.2, -0.15) is 0 Å². The first-order chi connectivity index (χ1) is 29.4. The summed E-state index contributed by atoms with van der Waals surface area (Å²) in [5, 5.41) is 10.8. The van der Waals surface area contributed by atoms with E-state index in [1.807, 2.05) is 23.1 Å². The topological polar surface area (TPSA) is 85.8 Å². The maximum absolute atomic E-state index is 15.2. The Morgan fingerprint density at radius 1 is 0.710 bits per heavy atom. The van der Waals surface area contributed by atoms with E-state index >= 15 is 4.79 Å². The van der Waals surface area contributed by atoms with Crippen molar-refractivity contribution in [3.63, 3.8) is 0 Å². The van der Waals surface area contributed by atoms with Gasteiger partial charge in [0.1, 0.15) is 12.1 Å². The van der Waals surface area contributed by atoms with E-state index in [0.29, 0.717) is 25.4 Å². The second-order valence-corrected chi connectivity index (χ2v) is 22.7. The van der Waals surface area contributed by atoms with Crippen LogP contribution in [-0.4, -0.2) is 65.3 Å². The van der Waals surface area contributed by atoms with Crippen LogP contribution in [0.5, 0.6) is 0 Å². The monoisotopic (exact) mass is 907 g/mol. The molecule has 1 unspecified atom stereocenters. The van der Waals surface area contributed by atoms with Gasteiger partial charge in [-0.1, -0.05) is 145 Å². The van der Waals surface area contributed by atoms with Crippen molar-refractivity contribution < 1.29 is 9.59 Å². The molecule has 0 bridgehead atoms. The number of fused-ring (bicyclic) bond motifs is 1. The van der Waals surface area contributed by atoms with Crippen LogP contribution in [-0.2, 0) is 35.1 Å². The number of aliphatic imine (C=N–C) groups is 1. The van der Waals surface area contributed by atoms with Gasteiger partial charge in [-0.15, -0.1) is 24.8 Å². The minimum atomic E-state index is -1.10. The molecule has 6 rings (SSSR count). The molecule has 1 aliphatic heterocycles. The zero-order valence-corrected chi connectivity index (χ0v) is 40.8. The van der Waals surface area contributed by atoms with Crippen LogP contribution in [0.25, 0.3) is 0 Å². The van der Waals surface area contributed by atoms with E-state index in [0.717, 1.165) is 54.9 Å². The van der Waals surface area contributed by atoms with E-state index in [1.54, 1.807) is 0 Å². The van der Waals surface area contributed by atoms with E-state index in [9.17, 15) is 4.79 Å². The zero-order valence-electron chi connectivity index (χ0n) is 38.3. The Balaban J connectivity index is 0.00000422. The van der Waals surface area contributed by atoms with Crippen LogP contribution in [0.2, 0.25) is 0 Å². The Hall–Kier alpha value is -3.12. The van der Waals surface area contributed by atoms with Crippen LogP contribution in [0.1, 0.15) is 152 Å². The number of hydrogen-bond acceptors (Lipinski definition) is 3. The molecule has 1 heterocycles. The van der Waals surface area contributed by atoms with Crippen LogP contribution in [0.4, 0.5) is 5.69 Å². The van der Waals surface area contributed by atoms with Crippen LogP contribution < -0.4 is 16.0 Å². The fourth-order valence-corrected chi connectivity index (χ4v) is 15.0. The fraction of sp³-hybridized carbons (Fsp3) is 0.596. The van der Waals surface area contributed by atoms with Gasteiger partial charge in [-0.25, -0.2) is 4.99 Å². The van der Waals surface area contributed by atoms with Gasteiger partial charge in [0.2, 0.25) is 11.8 Å². The number of guanidine groups is 1. The molecule has 10 heteroatoms. The number of benzene rings is 3. The van der Waals surface area contributed by atoms with Crippen LogP contribution in [0, 0.1) is 0 Å². The lowest BCUT2D eigenvalue weighted by Crippen LogP contribution is -2.58. The van der Waals surface area contributed by atoms with E-state index in [2.05, 4.69) is 97.4 Å². The molecule has 0 aromatic heterocycles. The molecule has 2 atom stereocenters. The number of hydrogen-bond donors (Lipinski definition) is 3. The van der Waals surface area contributed by atoms with Gasteiger partial charge in [0.05, 0.1) is 30.7 Å². The first-order valence-corrected chi connectivity index (χ1v) is 26.7. The number of rotatable bonds is 20. The average Bonchev–Trinajstić information content (AvgIpc) is 3.29. The summed E-state index contributed by atoms with van der Waals surface area (Å²) >= 11 is 0. The van der Waals surface area contributed by atoms with Crippen LogP contribution in [0.3, 0.4) is 0 Å². The largest absolute Gasteiger partial charge is 0.354 e. The highest BCUT2D eigenvalue weighted by Crippen LogP contribution is 2.63. The molecule has 0 radical (unpaired) electrons. The lowest BCUT2D eigenvalue weighted by Gasteiger charge is -2.38. The predicted molar refractivity (Wildman–Crippen MR) is 270 cm³/mol. The van der Waals surface area contributed by atoms with Crippen molar-refractivity contribution in [3.05, 3.63) is 101 Å². The molecule has 0 saturated heterocycles. The number of carbonyl (C=O) groups is 2. The Morgan fingerprint density at radius 3 is 1.90 bits per heavy atom. The smallest absolute Gasteiger partial charge is 0.247 e. The Kier molecular flexibility index (Phi) is 22.7. The van der Waals surface area contributed by atoms with Crippen LogP contribution >= 0.6 is 32.1 Å². The highest BCUT2D eigenvalue weighted by atomic mass is 35.5. The number of halogens is 2. The summed E-state index contributed by atoms with van der Waals surface area (Å²) in [6, 6.07) is 26.9. The van der Waals surface area contributed by atoms with Gasteiger partial charge < -0.3 is 20.9 Å². The second kappa shape index (κ2) is 27.3. The van der Waals surface area contributed by atoms with Gasteiger partial charge in [0, 0.05) is 32.0 Å². The summed E-state index contributed by atoms with van der Waals surface area (Å²) in [5.41, 5.74) is 5.64. The highest BCUT2D eigenvalue weighted by molar-refractivity contribution is 7.75. The van der Waals surface area contributed by atoms with Gasteiger partial charge in [-0.05, 0) is 92.2 Å². The molecule has 62 heavy (non-hydrogen) atoms. The minimum Gasteiger partial charge on any atom is -0.354 e. The number of nitrogens with one attached hydrogen (secondary N) is 3. The molecule has 3 aliphatic rings. The Bertz CT molecular complexity index is 1760. The van der Waals surface area contributed by atoms with Crippen molar-refractivity contribution in [1.82, 2.24) is 15.5 Å². The van der Waals surface area contributed by atoms with Crippen molar-refractivity contribution in [2.24, 2.45) is 4.99 Å². The molecule has 2 fully saturated rings. The minimum absolute atomic E-state index is 0. The lowest BCUT2D eigenvalue weighted by molar-refractivity contribution is -0.141. The standard InChI is InChI=1S/C52H76N5O2P.2ClH/c1-4-7-35-60(36-8-5-2,37-9-6-3)40-42-29-32-47(33-30-42)53-50(58)49-38-43-23-19-20-24-44(43)39-57(49)51(59)48(34-31-41-21-13-10-14-22-41)56-52(54-45-25-15-11-16-26-45)55-46-27-17-12-18-28-46;;/h10,13-14,19-24,29-30,32-33,45-46,48-49H,4-9,11-12,15-18,25-28,31,34-40H2,1-3H3,(H2-,53,54,55,56,58);2*1H/p+1/t48-,49?;;/m0../s1. The molecule has 2 aliphatic carbocycles. The molecule has 2 amide bonds. The summed E-state index contributed by atoms with van der Waals surface area (Å²) in [7, 11) is -1.10.